The third kappa shape index (κ3) is 4.49. The summed E-state index contributed by atoms with van der Waals surface area (Å²) in [6, 6.07) is 2.08. The van der Waals surface area contributed by atoms with Crippen LogP contribution in [-0.2, 0) is 6.42 Å². The Balaban J connectivity index is 2.49. The lowest BCUT2D eigenvalue weighted by molar-refractivity contribution is 0.261. The second kappa shape index (κ2) is 7.16. The van der Waals surface area contributed by atoms with Gasteiger partial charge < -0.3 is 15.2 Å². The van der Waals surface area contributed by atoms with Gasteiger partial charge in [-0.05, 0) is 20.4 Å². The van der Waals surface area contributed by atoms with Crippen LogP contribution in [0.25, 0.3) is 0 Å². The first kappa shape index (κ1) is 14.7. The Morgan fingerprint density at radius 3 is 2.83 bits per heavy atom. The Morgan fingerprint density at radius 1 is 1.50 bits per heavy atom. The van der Waals surface area contributed by atoms with Crippen molar-refractivity contribution < 1.29 is 0 Å². The fourth-order valence-electron chi connectivity index (χ4n) is 1.66. The van der Waals surface area contributed by atoms with Crippen LogP contribution >= 0.6 is 0 Å². The Bertz CT molecular complexity index is 416. The van der Waals surface area contributed by atoms with E-state index >= 15 is 0 Å². The molecule has 1 heterocycles. The molecular weight excluding hydrogens is 228 g/mol. The van der Waals surface area contributed by atoms with Crippen LogP contribution in [0.15, 0.2) is 10.9 Å². The highest BCUT2D eigenvalue weighted by Crippen LogP contribution is 2.01. The van der Waals surface area contributed by atoms with Gasteiger partial charge in [-0.15, -0.1) is 0 Å². The summed E-state index contributed by atoms with van der Waals surface area (Å²) in [7, 11) is 2.11. The molecule has 0 aliphatic rings. The van der Waals surface area contributed by atoms with Crippen molar-refractivity contribution in [2.24, 2.45) is 0 Å². The van der Waals surface area contributed by atoms with Crippen molar-refractivity contribution in [3.63, 3.8) is 0 Å². The van der Waals surface area contributed by atoms with Crippen LogP contribution < -0.4 is 10.9 Å². The highest BCUT2D eigenvalue weighted by molar-refractivity contribution is 5.32. The first-order chi connectivity index (χ1) is 8.56. The van der Waals surface area contributed by atoms with Crippen LogP contribution in [0, 0.1) is 0 Å². The summed E-state index contributed by atoms with van der Waals surface area (Å²) in [5.74, 6) is 1.38. The van der Waals surface area contributed by atoms with E-state index in [0.717, 1.165) is 31.8 Å². The van der Waals surface area contributed by atoms with E-state index in [4.69, 9.17) is 0 Å². The van der Waals surface area contributed by atoms with E-state index in [1.54, 1.807) is 0 Å². The van der Waals surface area contributed by atoms with Gasteiger partial charge in [0.2, 0.25) is 0 Å². The van der Waals surface area contributed by atoms with Crippen molar-refractivity contribution >= 4 is 5.82 Å². The van der Waals surface area contributed by atoms with Gasteiger partial charge in [0.25, 0.3) is 5.56 Å². The minimum atomic E-state index is -0.0976. The third-order valence-electron chi connectivity index (χ3n) is 3.24. The number of H-pyrrole nitrogens is 1. The normalized spacial score (nSPS) is 12.7. The van der Waals surface area contributed by atoms with Crippen molar-refractivity contribution in [2.75, 3.05) is 25.5 Å². The minimum Gasteiger partial charge on any atom is -0.369 e. The number of hydrogen-bond acceptors (Lipinski definition) is 4. The average molecular weight is 252 g/mol. The highest BCUT2D eigenvalue weighted by atomic mass is 16.1. The molecule has 1 aromatic rings. The number of nitrogens with one attached hydrogen (secondary N) is 2. The molecular formula is C13H24N4O. The van der Waals surface area contributed by atoms with E-state index in [1.807, 2.05) is 6.92 Å². The van der Waals surface area contributed by atoms with E-state index in [2.05, 4.69) is 41.1 Å². The highest BCUT2D eigenvalue weighted by Gasteiger charge is 2.06. The van der Waals surface area contributed by atoms with Crippen molar-refractivity contribution in [2.45, 2.75) is 39.7 Å². The number of aryl methyl sites for hydroxylation is 1. The molecule has 0 bridgehead atoms. The summed E-state index contributed by atoms with van der Waals surface area (Å²) in [5.41, 5.74) is -0.0976. The predicted molar refractivity (Wildman–Crippen MR) is 75.1 cm³/mol. The van der Waals surface area contributed by atoms with Crippen LogP contribution in [0.1, 0.15) is 33.0 Å². The molecule has 0 amide bonds. The Labute approximate surface area is 109 Å². The third-order valence-corrected chi connectivity index (χ3v) is 3.24. The second-order valence-corrected chi connectivity index (χ2v) is 4.60. The summed E-state index contributed by atoms with van der Waals surface area (Å²) in [6.45, 7) is 8.09. The maximum atomic E-state index is 11.4. The molecule has 1 aromatic heterocycles. The largest absolute Gasteiger partial charge is 0.369 e. The smallest absolute Gasteiger partial charge is 0.252 e. The maximum absolute atomic E-state index is 11.4. The molecule has 1 unspecified atom stereocenters. The zero-order valence-electron chi connectivity index (χ0n) is 11.8. The van der Waals surface area contributed by atoms with Gasteiger partial charge in [-0.1, -0.05) is 13.8 Å². The Hall–Kier alpha value is -1.36. The number of hydrogen-bond donors (Lipinski definition) is 2. The molecule has 0 saturated carbocycles. The number of nitrogens with zero attached hydrogens (tertiary/aromatic N) is 2. The van der Waals surface area contributed by atoms with E-state index in [1.165, 1.54) is 6.07 Å². The van der Waals surface area contributed by atoms with Gasteiger partial charge in [0.05, 0.1) is 0 Å². The van der Waals surface area contributed by atoms with Gasteiger partial charge in [-0.2, -0.15) is 0 Å². The average Bonchev–Trinajstić information content (AvgIpc) is 2.36. The van der Waals surface area contributed by atoms with Gasteiger partial charge in [0.15, 0.2) is 0 Å². The molecule has 18 heavy (non-hydrogen) atoms. The molecule has 0 saturated heterocycles. The molecule has 0 aromatic carbocycles. The second-order valence-electron chi connectivity index (χ2n) is 4.60. The summed E-state index contributed by atoms with van der Waals surface area (Å²) < 4.78 is 0. The topological polar surface area (TPSA) is 61.0 Å². The van der Waals surface area contributed by atoms with Crippen LogP contribution in [0.3, 0.4) is 0 Å². The standard InChI is InChI=1S/C13H24N4O/c1-5-10(3)17(4)8-7-14-12-9-13(18)16-11(6-2)15-12/h9-10H,5-8H2,1-4H3,(H2,14,15,16,18). The van der Waals surface area contributed by atoms with Crippen molar-refractivity contribution in [1.29, 1.82) is 0 Å². The fourth-order valence-corrected chi connectivity index (χ4v) is 1.66. The van der Waals surface area contributed by atoms with Crippen LogP contribution in [0.2, 0.25) is 0 Å². The van der Waals surface area contributed by atoms with Gasteiger partial charge >= 0.3 is 0 Å². The number of aromatic amines is 1. The molecule has 102 valence electrons. The Morgan fingerprint density at radius 2 is 2.22 bits per heavy atom. The minimum absolute atomic E-state index is 0.0976. The quantitative estimate of drug-likeness (QED) is 0.771. The van der Waals surface area contributed by atoms with Gasteiger partial charge in [0, 0.05) is 31.6 Å². The SMILES string of the molecule is CCc1nc(NCCN(C)C(C)CC)cc(=O)[nH]1. The molecule has 2 N–H and O–H groups in total. The Kier molecular flexibility index (Phi) is 5.85. The fraction of sp³-hybridized carbons (Fsp3) is 0.692. The molecule has 0 spiro atoms. The van der Waals surface area contributed by atoms with E-state index in [-0.39, 0.29) is 5.56 Å². The lowest BCUT2D eigenvalue weighted by Gasteiger charge is -2.23. The molecule has 0 aliphatic carbocycles. The van der Waals surface area contributed by atoms with Gasteiger partial charge in [0.1, 0.15) is 11.6 Å². The maximum Gasteiger partial charge on any atom is 0.252 e. The van der Waals surface area contributed by atoms with Crippen molar-refractivity contribution in [1.82, 2.24) is 14.9 Å². The van der Waals surface area contributed by atoms with Crippen molar-refractivity contribution in [3.05, 3.63) is 22.2 Å². The lowest BCUT2D eigenvalue weighted by atomic mass is 10.2. The summed E-state index contributed by atoms with van der Waals surface area (Å²) >= 11 is 0. The van der Waals surface area contributed by atoms with E-state index in [9.17, 15) is 4.79 Å². The molecule has 0 aliphatic heterocycles. The van der Waals surface area contributed by atoms with Crippen LogP contribution in [0.4, 0.5) is 5.82 Å². The summed E-state index contributed by atoms with van der Waals surface area (Å²) in [6.07, 6.45) is 1.87. The zero-order chi connectivity index (χ0) is 13.5. The predicted octanol–water partition coefficient (Wildman–Crippen LogP) is 1.47. The number of aromatic nitrogens is 2. The first-order valence-electron chi connectivity index (χ1n) is 6.61. The molecule has 1 rings (SSSR count). The molecule has 0 radical (unpaired) electrons. The van der Waals surface area contributed by atoms with Gasteiger partial charge in [-0.3, -0.25) is 4.79 Å². The molecule has 1 atom stereocenters. The molecule has 5 nitrogen and oxygen atoms in total. The number of anilines is 1. The monoisotopic (exact) mass is 252 g/mol. The zero-order valence-corrected chi connectivity index (χ0v) is 11.8. The van der Waals surface area contributed by atoms with Crippen molar-refractivity contribution in [3.8, 4) is 0 Å². The van der Waals surface area contributed by atoms with E-state index < -0.39 is 0 Å². The number of rotatable bonds is 7. The number of likely N-dealkylation sites (N-methyl/N-ethyl adjacent to an activating group) is 1. The summed E-state index contributed by atoms with van der Waals surface area (Å²) in [5, 5.41) is 3.20. The molecule has 0 fully saturated rings. The van der Waals surface area contributed by atoms with Gasteiger partial charge in [-0.25, -0.2) is 4.98 Å². The summed E-state index contributed by atoms with van der Waals surface area (Å²) in [4.78, 5) is 20.7. The first-order valence-corrected chi connectivity index (χ1v) is 6.61. The molecule has 5 heteroatoms. The van der Waals surface area contributed by atoms with E-state index in [0.29, 0.717) is 11.9 Å². The lowest BCUT2D eigenvalue weighted by Crippen LogP contribution is -2.33. The van der Waals surface area contributed by atoms with Crippen LogP contribution in [-0.4, -0.2) is 41.0 Å². The van der Waals surface area contributed by atoms with Crippen LogP contribution in [0.5, 0.6) is 0 Å².